The number of aromatic nitrogens is 1. The zero-order valence-corrected chi connectivity index (χ0v) is 15.1. The van der Waals surface area contributed by atoms with Crippen molar-refractivity contribution in [2.45, 2.75) is 13.0 Å². The van der Waals surface area contributed by atoms with Crippen LogP contribution in [0.4, 0.5) is 0 Å². The molecule has 0 atom stereocenters. The third-order valence-electron chi connectivity index (χ3n) is 4.62. The third kappa shape index (κ3) is 2.86. The normalized spacial score (nSPS) is 13.8. The van der Waals surface area contributed by atoms with Crippen molar-refractivity contribution in [1.82, 2.24) is 9.88 Å². The van der Waals surface area contributed by atoms with Gasteiger partial charge in [-0.3, -0.25) is 4.79 Å². The molecule has 0 unspecified atom stereocenters. The lowest BCUT2D eigenvalue weighted by Crippen LogP contribution is -2.36. The standard InChI is InChI=1S/C19H16Cl2N2O2/c1-25-18-5-3-12(21)9-14(18)19(24)23-7-6-17-15(10-23)13-8-11(20)2-4-16(13)22-17/h2-5,8-9,22H,6-7,10H2,1H3. The lowest BCUT2D eigenvalue weighted by atomic mass is 10.0. The SMILES string of the molecule is COc1ccc(Cl)cc1C(=O)N1CCc2[nH]c3ccc(Cl)cc3c2C1. The van der Waals surface area contributed by atoms with Crippen molar-refractivity contribution in [2.24, 2.45) is 0 Å². The maximum atomic E-state index is 13.0. The van der Waals surface area contributed by atoms with Gasteiger partial charge in [0.15, 0.2) is 0 Å². The van der Waals surface area contributed by atoms with E-state index in [0.29, 0.717) is 34.4 Å². The number of amides is 1. The number of fused-ring (bicyclic) bond motifs is 3. The molecule has 128 valence electrons. The molecule has 3 aromatic rings. The molecule has 1 aliphatic heterocycles. The number of ether oxygens (including phenoxy) is 1. The molecule has 6 heteroatoms. The van der Waals surface area contributed by atoms with Crippen LogP contribution >= 0.6 is 23.2 Å². The minimum atomic E-state index is -0.0821. The Morgan fingerprint density at radius 3 is 2.72 bits per heavy atom. The fourth-order valence-electron chi connectivity index (χ4n) is 3.38. The summed E-state index contributed by atoms with van der Waals surface area (Å²) in [4.78, 5) is 18.3. The first kappa shape index (κ1) is 16.3. The number of methoxy groups -OCH3 is 1. The number of carbonyl (C=O) groups is 1. The Hall–Kier alpha value is -2.17. The largest absolute Gasteiger partial charge is 0.496 e. The molecular formula is C19H16Cl2N2O2. The Bertz CT molecular complexity index is 981. The monoisotopic (exact) mass is 374 g/mol. The van der Waals surface area contributed by atoms with Gasteiger partial charge in [-0.15, -0.1) is 0 Å². The molecular weight excluding hydrogens is 359 g/mol. The van der Waals surface area contributed by atoms with Crippen LogP contribution in [0, 0.1) is 0 Å². The molecule has 1 amide bonds. The number of nitrogens with zero attached hydrogens (tertiary/aromatic N) is 1. The van der Waals surface area contributed by atoms with Crippen LogP contribution in [0.1, 0.15) is 21.6 Å². The second-order valence-electron chi connectivity index (χ2n) is 6.09. The van der Waals surface area contributed by atoms with E-state index in [0.717, 1.165) is 22.9 Å². The summed E-state index contributed by atoms with van der Waals surface area (Å²) >= 11 is 12.2. The van der Waals surface area contributed by atoms with Crippen molar-refractivity contribution in [2.75, 3.05) is 13.7 Å². The van der Waals surface area contributed by atoms with E-state index in [1.807, 2.05) is 23.1 Å². The molecule has 0 radical (unpaired) electrons. The maximum Gasteiger partial charge on any atom is 0.257 e. The van der Waals surface area contributed by atoms with E-state index >= 15 is 0 Å². The van der Waals surface area contributed by atoms with Crippen molar-refractivity contribution in [3.8, 4) is 5.75 Å². The number of halogens is 2. The molecule has 0 spiro atoms. The van der Waals surface area contributed by atoms with Crippen molar-refractivity contribution >= 4 is 40.0 Å². The summed E-state index contributed by atoms with van der Waals surface area (Å²) in [5.74, 6) is 0.448. The van der Waals surface area contributed by atoms with Crippen molar-refractivity contribution in [3.63, 3.8) is 0 Å². The highest BCUT2D eigenvalue weighted by atomic mass is 35.5. The smallest absolute Gasteiger partial charge is 0.257 e. The van der Waals surface area contributed by atoms with Crippen LogP contribution in [-0.4, -0.2) is 29.4 Å². The Morgan fingerprint density at radius 1 is 1.16 bits per heavy atom. The van der Waals surface area contributed by atoms with Crippen molar-refractivity contribution in [1.29, 1.82) is 0 Å². The molecule has 0 aliphatic carbocycles. The lowest BCUT2D eigenvalue weighted by Gasteiger charge is -2.28. The van der Waals surface area contributed by atoms with Crippen LogP contribution in [0.2, 0.25) is 10.0 Å². The number of H-pyrrole nitrogens is 1. The van der Waals surface area contributed by atoms with E-state index in [2.05, 4.69) is 4.98 Å². The van der Waals surface area contributed by atoms with E-state index in [1.165, 1.54) is 5.69 Å². The molecule has 1 aliphatic rings. The van der Waals surface area contributed by atoms with E-state index in [-0.39, 0.29) is 5.91 Å². The molecule has 0 fully saturated rings. The third-order valence-corrected chi connectivity index (χ3v) is 5.09. The van der Waals surface area contributed by atoms with Crippen LogP contribution in [0.25, 0.3) is 10.9 Å². The van der Waals surface area contributed by atoms with Gasteiger partial charge in [-0.25, -0.2) is 0 Å². The summed E-state index contributed by atoms with van der Waals surface area (Å²) < 4.78 is 5.32. The Balaban J connectivity index is 1.70. The average Bonchev–Trinajstić information content (AvgIpc) is 2.98. The van der Waals surface area contributed by atoms with Gasteiger partial charge in [-0.2, -0.15) is 0 Å². The highest BCUT2D eigenvalue weighted by Crippen LogP contribution is 2.31. The number of rotatable bonds is 2. The minimum absolute atomic E-state index is 0.0821. The zero-order valence-electron chi connectivity index (χ0n) is 13.6. The van der Waals surface area contributed by atoms with E-state index < -0.39 is 0 Å². The molecule has 0 bridgehead atoms. The fraction of sp³-hybridized carbons (Fsp3) is 0.211. The van der Waals surface area contributed by atoms with Gasteiger partial charge in [0.1, 0.15) is 5.75 Å². The predicted octanol–water partition coefficient (Wildman–Crippen LogP) is 4.68. The van der Waals surface area contributed by atoms with Gasteiger partial charge < -0.3 is 14.6 Å². The number of hydrogen-bond acceptors (Lipinski definition) is 2. The van der Waals surface area contributed by atoms with Crippen molar-refractivity contribution < 1.29 is 9.53 Å². The average molecular weight is 375 g/mol. The molecule has 2 aromatic carbocycles. The summed E-state index contributed by atoms with van der Waals surface area (Å²) in [5, 5.41) is 2.27. The van der Waals surface area contributed by atoms with E-state index in [9.17, 15) is 4.79 Å². The molecule has 25 heavy (non-hydrogen) atoms. The van der Waals surface area contributed by atoms with Gasteiger partial charge in [-0.1, -0.05) is 23.2 Å². The molecule has 1 N–H and O–H groups in total. The zero-order chi connectivity index (χ0) is 17.6. The number of aromatic amines is 1. The quantitative estimate of drug-likeness (QED) is 0.707. The predicted molar refractivity (Wildman–Crippen MR) is 99.8 cm³/mol. The fourth-order valence-corrected chi connectivity index (χ4v) is 3.72. The van der Waals surface area contributed by atoms with E-state index in [4.69, 9.17) is 27.9 Å². The minimum Gasteiger partial charge on any atom is -0.496 e. The van der Waals surface area contributed by atoms with Gasteiger partial charge in [0.25, 0.3) is 5.91 Å². The highest BCUT2D eigenvalue weighted by molar-refractivity contribution is 6.31. The van der Waals surface area contributed by atoms with Crippen LogP contribution in [0.5, 0.6) is 5.75 Å². The van der Waals surface area contributed by atoms with Gasteiger partial charge in [0, 0.05) is 51.7 Å². The second-order valence-corrected chi connectivity index (χ2v) is 6.97. The molecule has 1 aromatic heterocycles. The van der Waals surface area contributed by atoms with E-state index in [1.54, 1.807) is 25.3 Å². The van der Waals surface area contributed by atoms with Gasteiger partial charge in [-0.05, 0) is 36.4 Å². The number of nitrogens with one attached hydrogen (secondary N) is 1. The first-order chi connectivity index (χ1) is 12.1. The van der Waals surface area contributed by atoms with Crippen LogP contribution in [0.15, 0.2) is 36.4 Å². The maximum absolute atomic E-state index is 13.0. The first-order valence-corrected chi connectivity index (χ1v) is 8.74. The number of benzene rings is 2. The molecule has 4 rings (SSSR count). The van der Waals surface area contributed by atoms with Gasteiger partial charge >= 0.3 is 0 Å². The Kier molecular flexibility index (Phi) is 4.10. The number of carbonyl (C=O) groups excluding carboxylic acids is 1. The number of hydrogen-bond donors (Lipinski definition) is 1. The van der Waals surface area contributed by atoms with Crippen LogP contribution in [0.3, 0.4) is 0 Å². The molecule has 0 saturated carbocycles. The molecule has 0 saturated heterocycles. The summed E-state index contributed by atoms with van der Waals surface area (Å²) in [6, 6.07) is 10.9. The lowest BCUT2D eigenvalue weighted by molar-refractivity contribution is 0.0731. The van der Waals surface area contributed by atoms with Gasteiger partial charge in [0.05, 0.1) is 12.7 Å². The van der Waals surface area contributed by atoms with Crippen LogP contribution in [-0.2, 0) is 13.0 Å². The summed E-state index contributed by atoms with van der Waals surface area (Å²) in [6.45, 7) is 1.17. The van der Waals surface area contributed by atoms with Crippen molar-refractivity contribution in [3.05, 3.63) is 63.3 Å². The topological polar surface area (TPSA) is 45.3 Å². The van der Waals surface area contributed by atoms with Gasteiger partial charge in [0.2, 0.25) is 0 Å². The first-order valence-electron chi connectivity index (χ1n) is 7.98. The summed E-state index contributed by atoms with van der Waals surface area (Å²) in [7, 11) is 1.55. The summed E-state index contributed by atoms with van der Waals surface area (Å²) in [6.07, 6.45) is 0.774. The molecule has 4 nitrogen and oxygen atoms in total. The Morgan fingerprint density at radius 2 is 1.92 bits per heavy atom. The summed E-state index contributed by atoms with van der Waals surface area (Å²) in [5.41, 5.74) is 3.82. The second kappa shape index (κ2) is 6.28. The van der Waals surface area contributed by atoms with Crippen LogP contribution < -0.4 is 4.74 Å². The Labute approximate surface area is 155 Å². The molecule has 2 heterocycles. The highest BCUT2D eigenvalue weighted by Gasteiger charge is 2.26.